The summed E-state index contributed by atoms with van der Waals surface area (Å²) < 4.78 is 10.5. The van der Waals surface area contributed by atoms with Gasteiger partial charge in [0.05, 0.1) is 31.6 Å². The molecule has 0 unspecified atom stereocenters. The van der Waals surface area contributed by atoms with Crippen LogP contribution < -0.4 is 0 Å². The maximum absolute atomic E-state index is 9.76. The standard InChI is InChI=1S/2C13H9NOS.O.V/c2*15-11-7-3-1-5-9(11)13-14-10-6-2-4-8-12(10)16-13;;/h2*1-8,15H;;. The number of hydrogen-bond donors (Lipinski definition) is 2. The Bertz CT molecular complexity index is 1370. The van der Waals surface area contributed by atoms with E-state index < -0.39 is 0 Å². The third-order valence-corrected chi connectivity index (χ3v) is 7.00. The fraction of sp³-hybridized carbons (Fsp3) is 0. The number of para-hydroxylation sites is 4. The summed E-state index contributed by atoms with van der Waals surface area (Å²) in [5.74, 6) is 0.558. The summed E-state index contributed by atoms with van der Waals surface area (Å²) in [5, 5.41) is 21.2. The SMILES string of the molecule is Oc1ccccc1-c1nc2ccccc2s1.Oc1ccccc1-c1nc2ccccc2s1.[O]=[V]. The van der Waals surface area contributed by atoms with E-state index in [1.165, 1.54) is 0 Å². The van der Waals surface area contributed by atoms with Crippen LogP contribution >= 0.6 is 22.7 Å². The number of nitrogens with zero attached hydrogens (tertiary/aromatic N) is 2. The molecule has 4 aromatic carbocycles. The van der Waals surface area contributed by atoms with Crippen molar-refractivity contribution in [2.75, 3.05) is 0 Å². The molecule has 8 heteroatoms. The summed E-state index contributed by atoms with van der Waals surface area (Å²) in [6.07, 6.45) is 0. The molecule has 34 heavy (non-hydrogen) atoms. The Hall–Kier alpha value is -3.36. The molecule has 0 bridgehead atoms. The molecule has 0 aliphatic heterocycles. The Labute approximate surface area is 213 Å². The van der Waals surface area contributed by atoms with Gasteiger partial charge in [0.2, 0.25) is 0 Å². The average Bonchev–Trinajstić information content (AvgIpc) is 3.50. The minimum absolute atomic E-state index is 0.279. The van der Waals surface area contributed by atoms with Crippen molar-refractivity contribution in [1.29, 1.82) is 0 Å². The number of phenolic OH excluding ortho intramolecular Hbond substituents is 2. The van der Waals surface area contributed by atoms with Gasteiger partial charge in [-0.25, -0.2) is 9.97 Å². The summed E-state index contributed by atoms with van der Waals surface area (Å²) in [6.45, 7) is 0. The van der Waals surface area contributed by atoms with Crippen LogP contribution in [0.2, 0.25) is 0 Å². The molecule has 0 radical (unpaired) electrons. The third kappa shape index (κ3) is 5.24. The molecule has 2 aromatic heterocycles. The summed E-state index contributed by atoms with van der Waals surface area (Å²) in [6, 6.07) is 30.5. The first kappa shape index (κ1) is 23.8. The molecule has 0 atom stereocenters. The monoisotopic (exact) mass is 521 g/mol. The molecule has 167 valence electrons. The zero-order valence-electron chi connectivity index (χ0n) is 17.7. The normalized spacial score (nSPS) is 10.2. The van der Waals surface area contributed by atoms with E-state index in [1.807, 2.05) is 84.9 Å². The first-order valence-corrected chi connectivity index (χ1v) is 12.4. The van der Waals surface area contributed by atoms with Crippen molar-refractivity contribution in [2.45, 2.75) is 0 Å². The van der Waals surface area contributed by atoms with Crippen molar-refractivity contribution in [2.24, 2.45) is 0 Å². The van der Waals surface area contributed by atoms with E-state index in [-0.39, 0.29) is 11.5 Å². The number of aromatic hydroxyl groups is 2. The van der Waals surface area contributed by atoms with Crippen molar-refractivity contribution >= 4 is 43.1 Å². The summed E-state index contributed by atoms with van der Waals surface area (Å²) in [5.41, 5.74) is 3.55. The van der Waals surface area contributed by atoms with Gasteiger partial charge < -0.3 is 10.2 Å². The van der Waals surface area contributed by atoms with E-state index in [1.54, 1.807) is 34.8 Å². The van der Waals surface area contributed by atoms with Crippen LogP contribution in [-0.4, -0.2) is 20.2 Å². The molecule has 0 amide bonds. The van der Waals surface area contributed by atoms with Crippen molar-refractivity contribution in [3.63, 3.8) is 0 Å². The van der Waals surface area contributed by atoms with Gasteiger partial charge in [0.15, 0.2) is 0 Å². The zero-order valence-corrected chi connectivity index (χ0v) is 20.7. The van der Waals surface area contributed by atoms with Crippen molar-refractivity contribution in [3.8, 4) is 32.6 Å². The number of hydrogen-bond acceptors (Lipinski definition) is 7. The van der Waals surface area contributed by atoms with Crippen LogP contribution in [0.25, 0.3) is 41.6 Å². The molecule has 2 heterocycles. The Morgan fingerprint density at radius 2 is 0.882 bits per heavy atom. The number of fused-ring (bicyclic) bond motifs is 2. The zero-order chi connectivity index (χ0) is 23.9. The molecule has 0 saturated heterocycles. The molecule has 0 fully saturated rings. The van der Waals surface area contributed by atoms with Crippen LogP contribution in [0.3, 0.4) is 0 Å². The molecule has 6 rings (SSSR count). The van der Waals surface area contributed by atoms with E-state index in [2.05, 4.69) is 9.97 Å². The van der Waals surface area contributed by atoms with Crippen molar-refractivity contribution in [3.05, 3.63) is 97.1 Å². The van der Waals surface area contributed by atoms with Crippen LogP contribution in [0.4, 0.5) is 0 Å². The van der Waals surface area contributed by atoms with E-state index in [9.17, 15) is 10.2 Å². The van der Waals surface area contributed by atoms with Gasteiger partial charge in [-0.1, -0.05) is 48.5 Å². The fourth-order valence-corrected chi connectivity index (χ4v) is 5.28. The summed E-state index contributed by atoms with van der Waals surface area (Å²) in [4.78, 5) is 9.00. The molecule has 5 nitrogen and oxygen atoms in total. The molecular weight excluding hydrogens is 503 g/mol. The predicted octanol–water partition coefficient (Wildman–Crippen LogP) is 7.22. The molecule has 6 aromatic rings. The first-order valence-electron chi connectivity index (χ1n) is 10.2. The number of benzene rings is 4. The molecule has 0 saturated carbocycles. The topological polar surface area (TPSA) is 83.3 Å². The van der Waals surface area contributed by atoms with Gasteiger partial charge in [-0.05, 0) is 48.5 Å². The first-order chi connectivity index (χ1) is 16.7. The number of thiazole rings is 2. The van der Waals surface area contributed by atoms with Gasteiger partial charge in [0.25, 0.3) is 0 Å². The summed E-state index contributed by atoms with van der Waals surface area (Å²) >= 11 is 4.25. The van der Waals surface area contributed by atoms with Crippen LogP contribution in [-0.2, 0) is 21.0 Å². The van der Waals surface area contributed by atoms with E-state index in [4.69, 9.17) is 3.67 Å². The predicted molar refractivity (Wildman–Crippen MR) is 134 cm³/mol. The Kier molecular flexibility index (Phi) is 7.82. The van der Waals surface area contributed by atoms with E-state index in [0.29, 0.717) is 0 Å². The molecule has 0 aliphatic carbocycles. The minimum atomic E-state index is 0.279. The van der Waals surface area contributed by atoms with E-state index in [0.717, 1.165) is 58.9 Å². The van der Waals surface area contributed by atoms with Gasteiger partial charge in [0, 0.05) is 0 Å². The Balaban J connectivity index is 0.000000150. The second-order valence-corrected chi connectivity index (χ2v) is 9.07. The van der Waals surface area contributed by atoms with Crippen LogP contribution in [0.5, 0.6) is 11.5 Å². The number of aromatic nitrogens is 2. The van der Waals surface area contributed by atoms with Gasteiger partial charge in [-0.2, -0.15) is 0 Å². The van der Waals surface area contributed by atoms with Crippen LogP contribution in [0.1, 0.15) is 0 Å². The number of rotatable bonds is 2. The Morgan fingerprint density at radius 1 is 0.529 bits per heavy atom. The van der Waals surface area contributed by atoms with E-state index >= 15 is 0 Å². The van der Waals surface area contributed by atoms with Gasteiger partial charge in [-0.15, -0.1) is 22.7 Å². The average molecular weight is 522 g/mol. The fourth-order valence-electron chi connectivity index (χ4n) is 3.28. The van der Waals surface area contributed by atoms with Crippen molar-refractivity contribution < 1.29 is 31.3 Å². The second-order valence-electron chi connectivity index (χ2n) is 7.01. The van der Waals surface area contributed by atoms with Gasteiger partial charge >= 0.3 is 21.0 Å². The van der Waals surface area contributed by atoms with Crippen LogP contribution in [0.15, 0.2) is 97.1 Å². The molecule has 0 aliphatic rings. The quantitative estimate of drug-likeness (QED) is 0.251. The number of phenols is 2. The van der Waals surface area contributed by atoms with Crippen molar-refractivity contribution in [1.82, 2.24) is 9.97 Å². The van der Waals surface area contributed by atoms with Gasteiger partial charge in [-0.3, -0.25) is 0 Å². The summed E-state index contributed by atoms with van der Waals surface area (Å²) in [7, 11) is 0. The molecular formula is C26H18N2O3S2V. The van der Waals surface area contributed by atoms with Gasteiger partial charge in [0.1, 0.15) is 21.5 Å². The second kappa shape index (κ2) is 11.2. The third-order valence-electron chi connectivity index (χ3n) is 4.86. The maximum atomic E-state index is 9.76. The van der Waals surface area contributed by atoms with Crippen LogP contribution in [0, 0.1) is 0 Å². The Morgan fingerprint density at radius 3 is 1.26 bits per heavy atom. The molecule has 2 N–H and O–H groups in total. The molecule has 0 spiro atoms.